The molecule has 0 fully saturated rings. The van der Waals surface area contributed by atoms with Crippen LogP contribution in [0, 0.1) is 0 Å². The SMILES string of the molecule is Cn1cc(CCN=C(N)Nc2ccccc2OC(F)(F)F)cn1. The monoisotopic (exact) mass is 327 g/mol. The number of benzene rings is 1. The lowest BCUT2D eigenvalue weighted by atomic mass is 10.2. The van der Waals surface area contributed by atoms with Gasteiger partial charge in [0.25, 0.3) is 0 Å². The highest BCUT2D eigenvalue weighted by atomic mass is 19.4. The molecule has 0 unspecified atom stereocenters. The Morgan fingerprint density at radius 3 is 2.78 bits per heavy atom. The smallest absolute Gasteiger partial charge is 0.404 e. The van der Waals surface area contributed by atoms with E-state index < -0.39 is 6.36 Å². The van der Waals surface area contributed by atoms with E-state index in [0.717, 1.165) is 5.56 Å². The summed E-state index contributed by atoms with van der Waals surface area (Å²) in [6, 6.07) is 5.61. The lowest BCUT2D eigenvalue weighted by Crippen LogP contribution is -2.24. The van der Waals surface area contributed by atoms with Crippen LogP contribution in [0.3, 0.4) is 0 Å². The predicted molar refractivity (Wildman–Crippen MR) is 80.1 cm³/mol. The van der Waals surface area contributed by atoms with Crippen LogP contribution in [0.2, 0.25) is 0 Å². The molecule has 9 heteroatoms. The number of aliphatic imine (C=N–C) groups is 1. The van der Waals surface area contributed by atoms with Gasteiger partial charge in [0.05, 0.1) is 11.9 Å². The number of rotatable bonds is 5. The number of hydrogen-bond donors (Lipinski definition) is 2. The Balaban J connectivity index is 1.96. The first-order valence-electron chi connectivity index (χ1n) is 6.73. The van der Waals surface area contributed by atoms with Crippen molar-refractivity contribution < 1.29 is 17.9 Å². The van der Waals surface area contributed by atoms with E-state index in [-0.39, 0.29) is 17.4 Å². The van der Waals surface area contributed by atoms with E-state index >= 15 is 0 Å². The summed E-state index contributed by atoms with van der Waals surface area (Å²) < 4.78 is 42.6. The minimum atomic E-state index is -4.77. The summed E-state index contributed by atoms with van der Waals surface area (Å²) in [5.74, 6) is -0.363. The molecule has 0 radical (unpaired) electrons. The fraction of sp³-hybridized carbons (Fsp3) is 0.286. The molecule has 124 valence electrons. The van der Waals surface area contributed by atoms with E-state index in [1.165, 1.54) is 18.2 Å². The molecule has 0 amide bonds. The van der Waals surface area contributed by atoms with E-state index in [0.29, 0.717) is 13.0 Å². The summed E-state index contributed by atoms with van der Waals surface area (Å²) in [6.45, 7) is 0.382. The van der Waals surface area contributed by atoms with Gasteiger partial charge < -0.3 is 15.8 Å². The maximum absolute atomic E-state index is 12.3. The zero-order valence-corrected chi connectivity index (χ0v) is 12.3. The summed E-state index contributed by atoms with van der Waals surface area (Å²) in [5, 5.41) is 6.63. The Kier molecular flexibility index (Phi) is 5.09. The minimum absolute atomic E-state index is 0.00659. The third kappa shape index (κ3) is 5.53. The fourth-order valence-corrected chi connectivity index (χ4v) is 1.87. The van der Waals surface area contributed by atoms with Crippen molar-refractivity contribution in [2.45, 2.75) is 12.8 Å². The standard InChI is InChI=1S/C14H16F3N5O/c1-22-9-10(8-20-22)6-7-19-13(18)21-11-4-2-3-5-12(11)23-14(15,16)17/h2-5,8-9H,6-7H2,1H3,(H3,18,19,21). The molecule has 0 bridgehead atoms. The summed E-state index contributed by atoms with van der Waals surface area (Å²) in [6.07, 6.45) is -0.585. The number of hydrogen-bond acceptors (Lipinski definition) is 3. The normalized spacial score (nSPS) is 12.3. The molecule has 1 aromatic heterocycles. The van der Waals surface area contributed by atoms with Gasteiger partial charge >= 0.3 is 6.36 Å². The van der Waals surface area contributed by atoms with Gasteiger partial charge in [-0.3, -0.25) is 9.67 Å². The fourth-order valence-electron chi connectivity index (χ4n) is 1.87. The van der Waals surface area contributed by atoms with E-state index in [4.69, 9.17) is 5.73 Å². The molecule has 1 aromatic carbocycles. The molecule has 0 aliphatic rings. The van der Waals surface area contributed by atoms with Crippen LogP contribution in [0.25, 0.3) is 0 Å². The zero-order valence-electron chi connectivity index (χ0n) is 12.3. The Morgan fingerprint density at radius 2 is 2.13 bits per heavy atom. The molecule has 0 saturated carbocycles. The second-order valence-corrected chi connectivity index (χ2v) is 4.71. The van der Waals surface area contributed by atoms with Gasteiger partial charge in [-0.25, -0.2) is 0 Å². The molecule has 0 aliphatic carbocycles. The van der Waals surface area contributed by atoms with E-state index in [1.54, 1.807) is 24.0 Å². The number of halogens is 3. The first-order valence-corrected chi connectivity index (χ1v) is 6.73. The Morgan fingerprint density at radius 1 is 1.39 bits per heavy atom. The number of nitrogens with one attached hydrogen (secondary N) is 1. The molecular weight excluding hydrogens is 311 g/mol. The number of nitrogens with two attached hydrogens (primary N) is 1. The highest BCUT2D eigenvalue weighted by Crippen LogP contribution is 2.29. The molecule has 1 heterocycles. The Labute approximate surface area is 130 Å². The van der Waals surface area contributed by atoms with Crippen molar-refractivity contribution in [3.05, 3.63) is 42.2 Å². The molecule has 0 spiro atoms. The number of para-hydroxylation sites is 2. The average Bonchev–Trinajstić information content (AvgIpc) is 2.85. The molecule has 3 N–H and O–H groups in total. The summed E-state index contributed by atoms with van der Waals surface area (Å²) in [4.78, 5) is 4.07. The van der Waals surface area contributed by atoms with Crippen molar-refractivity contribution in [3.8, 4) is 5.75 Å². The van der Waals surface area contributed by atoms with Crippen LogP contribution in [0.4, 0.5) is 18.9 Å². The van der Waals surface area contributed by atoms with Gasteiger partial charge in [0.1, 0.15) is 0 Å². The predicted octanol–water partition coefficient (Wildman–Crippen LogP) is 2.29. The highest BCUT2D eigenvalue weighted by Gasteiger charge is 2.32. The van der Waals surface area contributed by atoms with Gasteiger partial charge in [-0.2, -0.15) is 5.10 Å². The molecule has 6 nitrogen and oxygen atoms in total. The van der Waals surface area contributed by atoms with Gasteiger partial charge in [-0.1, -0.05) is 12.1 Å². The van der Waals surface area contributed by atoms with Gasteiger partial charge in [0.15, 0.2) is 11.7 Å². The van der Waals surface area contributed by atoms with E-state index in [1.807, 2.05) is 6.20 Å². The van der Waals surface area contributed by atoms with Crippen molar-refractivity contribution in [1.82, 2.24) is 9.78 Å². The van der Waals surface area contributed by atoms with Crippen LogP contribution in [-0.2, 0) is 13.5 Å². The van der Waals surface area contributed by atoms with Gasteiger partial charge in [-0.05, 0) is 24.1 Å². The summed E-state index contributed by atoms with van der Waals surface area (Å²) in [7, 11) is 1.81. The van der Waals surface area contributed by atoms with Crippen LogP contribution in [-0.4, -0.2) is 28.6 Å². The number of aromatic nitrogens is 2. The maximum Gasteiger partial charge on any atom is 0.573 e. The van der Waals surface area contributed by atoms with Crippen LogP contribution in [0.15, 0.2) is 41.7 Å². The van der Waals surface area contributed by atoms with Crippen molar-refractivity contribution in [2.24, 2.45) is 17.8 Å². The second-order valence-electron chi connectivity index (χ2n) is 4.71. The molecule has 2 rings (SSSR count). The first-order chi connectivity index (χ1) is 10.8. The lowest BCUT2D eigenvalue weighted by Gasteiger charge is -2.14. The number of ether oxygens (including phenoxy) is 1. The van der Waals surface area contributed by atoms with Crippen LogP contribution < -0.4 is 15.8 Å². The number of aryl methyl sites for hydroxylation is 1. The summed E-state index contributed by atoms with van der Waals surface area (Å²) >= 11 is 0. The Hall–Kier alpha value is -2.71. The van der Waals surface area contributed by atoms with Gasteiger partial charge in [0, 0.05) is 19.8 Å². The number of guanidine groups is 1. The Bertz CT molecular complexity index is 681. The molecule has 0 saturated heterocycles. The van der Waals surface area contributed by atoms with Crippen molar-refractivity contribution in [3.63, 3.8) is 0 Å². The van der Waals surface area contributed by atoms with Crippen LogP contribution in [0.5, 0.6) is 5.75 Å². The van der Waals surface area contributed by atoms with Gasteiger partial charge in [0.2, 0.25) is 0 Å². The number of alkyl halides is 3. The third-order valence-electron chi connectivity index (χ3n) is 2.82. The number of anilines is 1. The van der Waals surface area contributed by atoms with E-state index in [2.05, 4.69) is 20.1 Å². The topological polar surface area (TPSA) is 77.5 Å². The minimum Gasteiger partial charge on any atom is -0.404 e. The molecular formula is C14H16F3N5O. The molecule has 0 aliphatic heterocycles. The number of nitrogens with zero attached hydrogens (tertiary/aromatic N) is 3. The molecule has 23 heavy (non-hydrogen) atoms. The second kappa shape index (κ2) is 7.03. The zero-order chi connectivity index (χ0) is 16.9. The maximum atomic E-state index is 12.3. The first kappa shape index (κ1) is 16.7. The lowest BCUT2D eigenvalue weighted by molar-refractivity contribution is -0.274. The van der Waals surface area contributed by atoms with Crippen LogP contribution >= 0.6 is 0 Å². The van der Waals surface area contributed by atoms with Crippen molar-refractivity contribution >= 4 is 11.6 Å². The largest absolute Gasteiger partial charge is 0.573 e. The van der Waals surface area contributed by atoms with Crippen molar-refractivity contribution in [2.75, 3.05) is 11.9 Å². The quantitative estimate of drug-likeness (QED) is 0.652. The summed E-state index contributed by atoms with van der Waals surface area (Å²) in [5.41, 5.74) is 6.77. The van der Waals surface area contributed by atoms with Gasteiger partial charge in [-0.15, -0.1) is 13.2 Å². The molecule has 0 atom stereocenters. The molecule has 2 aromatic rings. The van der Waals surface area contributed by atoms with Crippen molar-refractivity contribution in [1.29, 1.82) is 0 Å². The van der Waals surface area contributed by atoms with Crippen LogP contribution in [0.1, 0.15) is 5.56 Å². The third-order valence-corrected chi connectivity index (χ3v) is 2.82. The average molecular weight is 327 g/mol. The highest BCUT2D eigenvalue weighted by molar-refractivity contribution is 5.93. The van der Waals surface area contributed by atoms with E-state index in [9.17, 15) is 13.2 Å².